The summed E-state index contributed by atoms with van der Waals surface area (Å²) in [5.74, 6) is -0.0920. The largest absolute Gasteiger partial charge is 0.399 e. The molecule has 0 aliphatic carbocycles. The van der Waals surface area contributed by atoms with E-state index < -0.39 is 0 Å². The van der Waals surface area contributed by atoms with Gasteiger partial charge in [0.1, 0.15) is 5.69 Å². The fourth-order valence-corrected chi connectivity index (χ4v) is 2.52. The zero-order valence-electron chi connectivity index (χ0n) is 12.5. The Kier molecular flexibility index (Phi) is 4.11. The van der Waals surface area contributed by atoms with Gasteiger partial charge in [0.05, 0.1) is 6.10 Å². The lowest BCUT2D eigenvalue weighted by Gasteiger charge is -2.08. The molecule has 22 heavy (non-hydrogen) atoms. The maximum absolute atomic E-state index is 12.1. The SMILES string of the molecule is Cc1ccc(N)cc1-c1cc(C(=O)NCC2CCCO2)on1. The molecule has 1 amide bonds. The molecule has 1 aliphatic heterocycles. The number of anilines is 1. The Hall–Kier alpha value is -2.34. The van der Waals surface area contributed by atoms with Crippen LogP contribution >= 0.6 is 0 Å². The minimum Gasteiger partial charge on any atom is -0.399 e. The van der Waals surface area contributed by atoms with Crippen molar-refractivity contribution in [2.45, 2.75) is 25.9 Å². The smallest absolute Gasteiger partial charge is 0.290 e. The van der Waals surface area contributed by atoms with Crippen LogP contribution in [-0.4, -0.2) is 30.3 Å². The third kappa shape index (κ3) is 3.12. The van der Waals surface area contributed by atoms with Gasteiger partial charge in [-0.2, -0.15) is 0 Å². The highest BCUT2D eigenvalue weighted by atomic mass is 16.5. The third-order valence-electron chi connectivity index (χ3n) is 3.79. The maximum Gasteiger partial charge on any atom is 0.290 e. The standard InChI is InChI=1S/C16H19N3O3/c1-10-4-5-11(17)7-13(10)14-8-15(22-19-14)16(20)18-9-12-3-2-6-21-12/h4-5,7-8,12H,2-3,6,9,17H2,1H3,(H,18,20). The average molecular weight is 301 g/mol. The van der Waals surface area contributed by atoms with E-state index in [1.54, 1.807) is 6.07 Å². The van der Waals surface area contributed by atoms with Crippen LogP contribution in [0.4, 0.5) is 5.69 Å². The molecule has 3 N–H and O–H groups in total. The summed E-state index contributed by atoms with van der Waals surface area (Å²) in [7, 11) is 0. The Morgan fingerprint density at radius 3 is 3.09 bits per heavy atom. The van der Waals surface area contributed by atoms with Crippen LogP contribution in [0, 0.1) is 6.92 Å². The number of benzene rings is 1. The number of carbonyl (C=O) groups excluding carboxylic acids is 1. The first kappa shape index (κ1) is 14.6. The fraction of sp³-hybridized carbons (Fsp3) is 0.375. The van der Waals surface area contributed by atoms with Crippen molar-refractivity contribution in [1.29, 1.82) is 0 Å². The van der Waals surface area contributed by atoms with Crippen molar-refractivity contribution >= 4 is 11.6 Å². The Labute approximate surface area is 128 Å². The van der Waals surface area contributed by atoms with E-state index in [1.807, 2.05) is 25.1 Å². The summed E-state index contributed by atoms with van der Waals surface area (Å²) in [6.45, 7) is 3.22. The van der Waals surface area contributed by atoms with Gasteiger partial charge in [0.15, 0.2) is 0 Å². The van der Waals surface area contributed by atoms with E-state index in [0.717, 1.165) is 30.6 Å². The number of carbonyl (C=O) groups is 1. The number of aromatic nitrogens is 1. The van der Waals surface area contributed by atoms with Crippen molar-refractivity contribution in [3.05, 3.63) is 35.6 Å². The van der Waals surface area contributed by atoms with E-state index in [2.05, 4.69) is 10.5 Å². The summed E-state index contributed by atoms with van der Waals surface area (Å²) in [5.41, 5.74) is 8.93. The van der Waals surface area contributed by atoms with Gasteiger partial charge in [-0.05, 0) is 37.5 Å². The van der Waals surface area contributed by atoms with Gasteiger partial charge in [-0.3, -0.25) is 4.79 Å². The second-order valence-corrected chi connectivity index (χ2v) is 5.50. The zero-order chi connectivity index (χ0) is 15.5. The molecule has 0 spiro atoms. The Bertz CT molecular complexity index is 675. The molecule has 1 aromatic heterocycles. The number of nitrogens with two attached hydrogens (primary N) is 1. The van der Waals surface area contributed by atoms with Gasteiger partial charge >= 0.3 is 0 Å². The fourth-order valence-electron chi connectivity index (χ4n) is 2.52. The normalized spacial score (nSPS) is 17.6. The number of ether oxygens (including phenoxy) is 1. The summed E-state index contributed by atoms with van der Waals surface area (Å²) < 4.78 is 10.6. The molecule has 116 valence electrons. The first-order chi connectivity index (χ1) is 10.6. The van der Waals surface area contributed by atoms with Gasteiger partial charge in [0.25, 0.3) is 5.91 Å². The highest BCUT2D eigenvalue weighted by Crippen LogP contribution is 2.25. The van der Waals surface area contributed by atoms with Crippen LogP contribution in [0.2, 0.25) is 0 Å². The molecular weight excluding hydrogens is 282 g/mol. The number of nitrogens with one attached hydrogen (secondary N) is 1. The van der Waals surface area contributed by atoms with Crippen LogP contribution in [0.25, 0.3) is 11.3 Å². The molecule has 1 atom stereocenters. The highest BCUT2D eigenvalue weighted by molar-refractivity contribution is 5.92. The molecule has 2 aromatic rings. The van der Waals surface area contributed by atoms with E-state index >= 15 is 0 Å². The van der Waals surface area contributed by atoms with Crippen LogP contribution < -0.4 is 11.1 Å². The molecule has 0 radical (unpaired) electrons. The summed E-state index contributed by atoms with van der Waals surface area (Å²) >= 11 is 0. The number of nitrogen functional groups attached to an aromatic ring is 1. The number of aryl methyl sites for hydroxylation is 1. The second kappa shape index (κ2) is 6.19. The summed E-state index contributed by atoms with van der Waals surface area (Å²) in [6.07, 6.45) is 2.12. The number of rotatable bonds is 4. The molecule has 1 aromatic carbocycles. The molecule has 1 fully saturated rings. The van der Waals surface area contributed by atoms with E-state index in [-0.39, 0.29) is 17.8 Å². The van der Waals surface area contributed by atoms with Crippen molar-refractivity contribution in [1.82, 2.24) is 10.5 Å². The molecule has 0 saturated carbocycles. The number of hydrogen-bond donors (Lipinski definition) is 2. The first-order valence-corrected chi connectivity index (χ1v) is 7.36. The van der Waals surface area contributed by atoms with Gasteiger partial charge < -0.3 is 20.3 Å². The Morgan fingerprint density at radius 1 is 1.45 bits per heavy atom. The third-order valence-corrected chi connectivity index (χ3v) is 3.79. The number of nitrogens with zero attached hydrogens (tertiary/aromatic N) is 1. The number of amides is 1. The molecule has 3 rings (SSSR count). The van der Waals surface area contributed by atoms with E-state index in [0.29, 0.717) is 17.9 Å². The Balaban J connectivity index is 1.70. The van der Waals surface area contributed by atoms with Crippen molar-refractivity contribution < 1.29 is 14.1 Å². The monoisotopic (exact) mass is 301 g/mol. The maximum atomic E-state index is 12.1. The lowest BCUT2D eigenvalue weighted by molar-refractivity contribution is 0.0828. The van der Waals surface area contributed by atoms with Crippen molar-refractivity contribution in [3.63, 3.8) is 0 Å². The number of hydrogen-bond acceptors (Lipinski definition) is 5. The van der Waals surface area contributed by atoms with Crippen LogP contribution in [-0.2, 0) is 4.74 Å². The summed E-state index contributed by atoms with van der Waals surface area (Å²) in [6, 6.07) is 7.19. The van der Waals surface area contributed by atoms with Crippen molar-refractivity contribution in [2.75, 3.05) is 18.9 Å². The lowest BCUT2D eigenvalue weighted by atomic mass is 10.0. The van der Waals surface area contributed by atoms with Crippen molar-refractivity contribution in [2.24, 2.45) is 0 Å². The van der Waals surface area contributed by atoms with E-state index in [4.69, 9.17) is 15.0 Å². The van der Waals surface area contributed by atoms with Gasteiger partial charge in [-0.15, -0.1) is 0 Å². The van der Waals surface area contributed by atoms with E-state index in [9.17, 15) is 4.79 Å². The molecule has 1 unspecified atom stereocenters. The van der Waals surface area contributed by atoms with Crippen LogP contribution in [0.1, 0.15) is 29.0 Å². The van der Waals surface area contributed by atoms with Gasteiger partial charge in [0, 0.05) is 30.5 Å². The average Bonchev–Trinajstić information content (AvgIpc) is 3.18. The second-order valence-electron chi connectivity index (χ2n) is 5.50. The summed E-state index contributed by atoms with van der Waals surface area (Å²) in [4.78, 5) is 12.1. The molecule has 1 aliphatic rings. The predicted molar refractivity (Wildman–Crippen MR) is 82.4 cm³/mol. The zero-order valence-corrected chi connectivity index (χ0v) is 12.5. The van der Waals surface area contributed by atoms with Gasteiger partial charge in [-0.25, -0.2) is 0 Å². The van der Waals surface area contributed by atoms with Crippen LogP contribution in [0.3, 0.4) is 0 Å². The quantitative estimate of drug-likeness (QED) is 0.844. The van der Waals surface area contributed by atoms with Crippen molar-refractivity contribution in [3.8, 4) is 11.3 Å². The molecule has 6 nitrogen and oxygen atoms in total. The van der Waals surface area contributed by atoms with Crippen LogP contribution in [0.5, 0.6) is 0 Å². The topological polar surface area (TPSA) is 90.4 Å². The Morgan fingerprint density at radius 2 is 2.32 bits per heavy atom. The van der Waals surface area contributed by atoms with Gasteiger partial charge in [0.2, 0.25) is 5.76 Å². The van der Waals surface area contributed by atoms with Crippen LogP contribution in [0.15, 0.2) is 28.8 Å². The minimum atomic E-state index is -0.282. The molecule has 2 heterocycles. The van der Waals surface area contributed by atoms with Gasteiger partial charge in [-0.1, -0.05) is 11.2 Å². The van der Waals surface area contributed by atoms with E-state index in [1.165, 1.54) is 0 Å². The summed E-state index contributed by atoms with van der Waals surface area (Å²) in [5, 5.41) is 6.78. The highest BCUT2D eigenvalue weighted by Gasteiger charge is 2.19. The molecule has 0 bridgehead atoms. The first-order valence-electron chi connectivity index (χ1n) is 7.36. The minimum absolute atomic E-state index is 0.0995. The molecule has 1 saturated heterocycles. The molecule has 6 heteroatoms. The molecular formula is C16H19N3O3. The predicted octanol–water partition coefficient (Wildman–Crippen LogP) is 2.14. The lowest BCUT2D eigenvalue weighted by Crippen LogP contribution is -2.31.